The zero-order valence-corrected chi connectivity index (χ0v) is 9.97. The maximum Gasteiger partial charge on any atom is 0.0352 e. The number of para-hydroxylation sites is 1. The molecule has 2 N–H and O–H groups in total. The average molecular weight is 221 g/mol. The molecule has 0 atom stereocenters. The van der Waals surface area contributed by atoms with E-state index in [1.165, 1.54) is 37.7 Å². The van der Waals surface area contributed by atoms with Crippen LogP contribution in [0.3, 0.4) is 0 Å². The third-order valence-electron chi connectivity index (χ3n) is 3.65. The highest BCUT2D eigenvalue weighted by Crippen LogP contribution is 2.42. The molecule has 0 heterocycles. The summed E-state index contributed by atoms with van der Waals surface area (Å²) < 4.78 is 0. The molecule has 0 spiro atoms. The predicted octanol–water partition coefficient (Wildman–Crippen LogP) is 3.40. The summed E-state index contributed by atoms with van der Waals surface area (Å²) in [7, 11) is 0. The van der Waals surface area contributed by atoms with Crippen molar-refractivity contribution in [3.63, 3.8) is 0 Å². The molecule has 1 aromatic carbocycles. The van der Waals surface area contributed by atoms with Crippen molar-refractivity contribution in [2.24, 2.45) is 0 Å². The number of nitrogens with two attached hydrogens (primary N) is 1. The van der Waals surface area contributed by atoms with Crippen LogP contribution in [0.4, 0.5) is 5.69 Å². The van der Waals surface area contributed by atoms with E-state index in [1.54, 1.807) is 0 Å². The molecule has 1 saturated carbocycles. The zero-order valence-electron chi connectivity index (χ0n) is 9.08. The van der Waals surface area contributed by atoms with Crippen molar-refractivity contribution in [3.05, 3.63) is 29.8 Å². The van der Waals surface area contributed by atoms with Gasteiger partial charge in [0.1, 0.15) is 0 Å². The Morgan fingerprint density at radius 1 is 1.13 bits per heavy atom. The number of hydrogen-bond donors (Lipinski definition) is 2. The number of nitrogen functional groups attached to an aromatic ring is 1. The standard InChI is InChI=1S/C13H19NS/c14-12-7-3-2-6-11(12)13(10-15)8-4-1-5-9-13/h2-3,6-7,15H,1,4-5,8-10,14H2. The Bertz CT molecular complexity index is 329. The number of hydrogen-bond acceptors (Lipinski definition) is 2. The molecule has 1 aliphatic carbocycles. The summed E-state index contributed by atoms with van der Waals surface area (Å²) in [6.07, 6.45) is 6.47. The lowest BCUT2D eigenvalue weighted by atomic mass is 9.70. The summed E-state index contributed by atoms with van der Waals surface area (Å²) in [5.41, 5.74) is 8.58. The molecule has 0 saturated heterocycles. The van der Waals surface area contributed by atoms with Gasteiger partial charge in [-0.2, -0.15) is 12.6 Å². The Labute approximate surface area is 97.5 Å². The van der Waals surface area contributed by atoms with Gasteiger partial charge in [-0.05, 0) is 24.5 Å². The molecule has 0 aromatic heterocycles. The minimum Gasteiger partial charge on any atom is -0.398 e. The van der Waals surface area contributed by atoms with Gasteiger partial charge in [-0.15, -0.1) is 0 Å². The zero-order chi connectivity index (χ0) is 10.7. The maximum atomic E-state index is 6.08. The highest BCUT2D eigenvalue weighted by Gasteiger charge is 2.33. The highest BCUT2D eigenvalue weighted by molar-refractivity contribution is 7.80. The van der Waals surface area contributed by atoms with Crippen LogP contribution in [-0.4, -0.2) is 5.75 Å². The second kappa shape index (κ2) is 4.48. The largest absolute Gasteiger partial charge is 0.398 e. The lowest BCUT2D eigenvalue weighted by Gasteiger charge is -2.37. The lowest BCUT2D eigenvalue weighted by molar-refractivity contribution is 0.327. The second-order valence-electron chi connectivity index (χ2n) is 4.59. The van der Waals surface area contributed by atoms with E-state index in [1.807, 2.05) is 12.1 Å². The molecular formula is C13H19NS. The fourth-order valence-electron chi connectivity index (χ4n) is 2.72. The summed E-state index contributed by atoms with van der Waals surface area (Å²) in [6.45, 7) is 0. The van der Waals surface area contributed by atoms with Crippen LogP contribution in [0, 0.1) is 0 Å². The van der Waals surface area contributed by atoms with Crippen LogP contribution in [0.1, 0.15) is 37.7 Å². The van der Waals surface area contributed by atoms with Gasteiger partial charge in [-0.25, -0.2) is 0 Å². The Morgan fingerprint density at radius 3 is 2.40 bits per heavy atom. The molecule has 1 aliphatic rings. The maximum absolute atomic E-state index is 6.08. The molecule has 1 aromatic rings. The predicted molar refractivity (Wildman–Crippen MR) is 69.5 cm³/mol. The minimum absolute atomic E-state index is 0.243. The van der Waals surface area contributed by atoms with Crippen molar-refractivity contribution in [2.75, 3.05) is 11.5 Å². The van der Waals surface area contributed by atoms with Crippen molar-refractivity contribution in [2.45, 2.75) is 37.5 Å². The smallest absolute Gasteiger partial charge is 0.0352 e. The van der Waals surface area contributed by atoms with Crippen LogP contribution >= 0.6 is 12.6 Å². The highest BCUT2D eigenvalue weighted by atomic mass is 32.1. The molecule has 0 bridgehead atoms. The molecule has 82 valence electrons. The summed E-state index contributed by atoms with van der Waals surface area (Å²) in [5, 5.41) is 0. The fraction of sp³-hybridized carbons (Fsp3) is 0.538. The Balaban J connectivity index is 2.36. The van der Waals surface area contributed by atoms with Gasteiger partial charge in [0, 0.05) is 16.9 Å². The van der Waals surface area contributed by atoms with Crippen LogP contribution in [-0.2, 0) is 5.41 Å². The third kappa shape index (κ3) is 2.00. The van der Waals surface area contributed by atoms with E-state index in [-0.39, 0.29) is 5.41 Å². The van der Waals surface area contributed by atoms with Crippen LogP contribution < -0.4 is 5.73 Å². The molecule has 1 nitrogen and oxygen atoms in total. The van der Waals surface area contributed by atoms with Gasteiger partial charge in [0.25, 0.3) is 0 Å². The number of rotatable bonds is 2. The fourth-order valence-corrected chi connectivity index (χ4v) is 3.21. The van der Waals surface area contributed by atoms with Gasteiger partial charge >= 0.3 is 0 Å². The Hall–Kier alpha value is -0.630. The molecule has 0 radical (unpaired) electrons. The van der Waals surface area contributed by atoms with Crippen LogP contribution in [0.5, 0.6) is 0 Å². The first-order valence-electron chi connectivity index (χ1n) is 5.74. The topological polar surface area (TPSA) is 26.0 Å². The summed E-state index contributed by atoms with van der Waals surface area (Å²) in [4.78, 5) is 0. The van der Waals surface area contributed by atoms with Crippen molar-refractivity contribution >= 4 is 18.3 Å². The van der Waals surface area contributed by atoms with Crippen molar-refractivity contribution < 1.29 is 0 Å². The van der Waals surface area contributed by atoms with Crippen molar-refractivity contribution in [3.8, 4) is 0 Å². The van der Waals surface area contributed by atoms with Gasteiger partial charge in [-0.1, -0.05) is 37.5 Å². The van der Waals surface area contributed by atoms with Gasteiger partial charge in [0.15, 0.2) is 0 Å². The SMILES string of the molecule is Nc1ccccc1C1(CS)CCCCC1. The second-order valence-corrected chi connectivity index (χ2v) is 4.90. The molecule has 0 amide bonds. The number of thiol groups is 1. The summed E-state index contributed by atoms with van der Waals surface area (Å²) in [5.74, 6) is 0.918. The quantitative estimate of drug-likeness (QED) is 0.581. The molecule has 0 aliphatic heterocycles. The van der Waals surface area contributed by atoms with Crippen molar-refractivity contribution in [1.29, 1.82) is 0 Å². The minimum atomic E-state index is 0.243. The molecule has 1 fully saturated rings. The van der Waals surface area contributed by atoms with E-state index < -0.39 is 0 Å². The van der Waals surface area contributed by atoms with E-state index in [0.29, 0.717) is 0 Å². The van der Waals surface area contributed by atoms with Crippen LogP contribution in [0.25, 0.3) is 0 Å². The monoisotopic (exact) mass is 221 g/mol. The first-order chi connectivity index (χ1) is 7.28. The van der Waals surface area contributed by atoms with Gasteiger partial charge in [-0.3, -0.25) is 0 Å². The lowest BCUT2D eigenvalue weighted by Crippen LogP contribution is -2.31. The van der Waals surface area contributed by atoms with E-state index >= 15 is 0 Å². The van der Waals surface area contributed by atoms with Gasteiger partial charge < -0.3 is 5.73 Å². The van der Waals surface area contributed by atoms with E-state index in [4.69, 9.17) is 5.73 Å². The third-order valence-corrected chi connectivity index (χ3v) is 4.25. The molecule has 2 rings (SSSR count). The normalized spacial score (nSPS) is 20.1. The molecule has 15 heavy (non-hydrogen) atoms. The number of anilines is 1. The van der Waals surface area contributed by atoms with Crippen molar-refractivity contribution in [1.82, 2.24) is 0 Å². The Kier molecular flexibility index (Phi) is 3.25. The molecular weight excluding hydrogens is 202 g/mol. The average Bonchev–Trinajstić information content (AvgIpc) is 2.30. The van der Waals surface area contributed by atoms with Crippen LogP contribution in [0.15, 0.2) is 24.3 Å². The first kappa shape index (κ1) is 10.9. The van der Waals surface area contributed by atoms with E-state index in [9.17, 15) is 0 Å². The van der Waals surface area contributed by atoms with Gasteiger partial charge in [0.05, 0.1) is 0 Å². The van der Waals surface area contributed by atoms with Gasteiger partial charge in [0.2, 0.25) is 0 Å². The van der Waals surface area contributed by atoms with E-state index in [2.05, 4.69) is 24.8 Å². The Morgan fingerprint density at radius 2 is 1.80 bits per heavy atom. The number of benzene rings is 1. The molecule has 0 unspecified atom stereocenters. The first-order valence-corrected chi connectivity index (χ1v) is 6.38. The van der Waals surface area contributed by atoms with Crippen LogP contribution in [0.2, 0.25) is 0 Å². The summed E-state index contributed by atoms with van der Waals surface area (Å²) >= 11 is 4.55. The molecule has 2 heteroatoms. The summed E-state index contributed by atoms with van der Waals surface area (Å²) in [6, 6.07) is 8.28. The van der Waals surface area contributed by atoms with E-state index in [0.717, 1.165) is 11.4 Å².